The van der Waals surface area contributed by atoms with E-state index in [0.717, 1.165) is 0 Å². The van der Waals surface area contributed by atoms with E-state index in [4.69, 9.17) is 23.2 Å². The van der Waals surface area contributed by atoms with Crippen LogP contribution in [0.15, 0.2) is 0 Å². The van der Waals surface area contributed by atoms with Crippen molar-refractivity contribution >= 4 is 29.4 Å². The fourth-order valence-electron chi connectivity index (χ4n) is 0.0727. The maximum Gasteiger partial charge on any atom is 0.254 e. The van der Waals surface area contributed by atoms with Gasteiger partial charge in [0, 0.05) is 0 Å². The minimum absolute atomic E-state index is 1.34. The van der Waals surface area contributed by atoms with Crippen LogP contribution in [0, 0.1) is 0 Å². The number of carboxylic acid groups (broad SMARTS) is 1. The van der Waals surface area contributed by atoms with Gasteiger partial charge in [0.25, 0.3) is 6.16 Å². The quantitative estimate of drug-likeness (QED) is 0.387. The molecule has 0 aromatic heterocycles. The van der Waals surface area contributed by atoms with E-state index in [-0.39, 0.29) is 0 Å². The highest BCUT2D eigenvalue weighted by atomic mass is 35.5. The van der Waals surface area contributed by atoms with Gasteiger partial charge < -0.3 is 14.6 Å². The summed E-state index contributed by atoms with van der Waals surface area (Å²) in [5.74, 6) is 0. The van der Waals surface area contributed by atoms with Gasteiger partial charge in [0.05, 0.1) is 0 Å². The molecule has 0 atom stereocenters. The van der Waals surface area contributed by atoms with Crippen LogP contribution in [0.4, 0.5) is 4.79 Å². The van der Waals surface area contributed by atoms with Crippen molar-refractivity contribution in [2.75, 3.05) is 0 Å². The summed E-state index contributed by atoms with van der Waals surface area (Å²) in [5.41, 5.74) is 0. The van der Waals surface area contributed by atoms with Crippen LogP contribution in [0.1, 0.15) is 0 Å². The lowest BCUT2D eigenvalue weighted by atomic mass is 11.3. The van der Waals surface area contributed by atoms with Gasteiger partial charge in [0.2, 0.25) is 0 Å². The molecule has 0 N–H and O–H groups in total. The topological polar surface area (TPSA) is 49.4 Å². The van der Waals surface area contributed by atoms with Gasteiger partial charge in [0.1, 0.15) is 0 Å². The molecular formula is C2HCl2O3-. The second-order valence-electron chi connectivity index (χ2n) is 0.629. The molecule has 0 bridgehead atoms. The molecule has 3 nitrogen and oxygen atoms in total. The van der Waals surface area contributed by atoms with Crippen molar-refractivity contribution in [3.63, 3.8) is 0 Å². The van der Waals surface area contributed by atoms with E-state index >= 15 is 0 Å². The molecule has 0 amide bonds. The van der Waals surface area contributed by atoms with E-state index in [2.05, 4.69) is 4.74 Å². The zero-order valence-electron chi connectivity index (χ0n) is 3.06. The molecule has 0 aliphatic heterocycles. The zero-order valence-corrected chi connectivity index (χ0v) is 4.57. The number of hydrogen-bond donors (Lipinski definition) is 0. The molecule has 0 aliphatic rings. The minimum atomic E-state index is -1.73. The van der Waals surface area contributed by atoms with Gasteiger partial charge in [-0.05, 0) is 0 Å². The van der Waals surface area contributed by atoms with Gasteiger partial charge >= 0.3 is 0 Å². The highest BCUT2D eigenvalue weighted by Gasteiger charge is 1.90. The van der Waals surface area contributed by atoms with Gasteiger partial charge in [-0.15, -0.1) is 0 Å². The molecule has 0 spiro atoms. The van der Waals surface area contributed by atoms with E-state index in [9.17, 15) is 9.90 Å². The van der Waals surface area contributed by atoms with Crippen LogP contribution in [0.3, 0.4) is 0 Å². The predicted octanol–water partition coefficient (Wildman–Crippen LogP) is 0.107. The fourth-order valence-corrected chi connectivity index (χ4v) is 0.218. The minimum Gasteiger partial charge on any atom is -0.517 e. The molecule has 0 saturated carbocycles. The fraction of sp³-hybridized carbons (Fsp3) is 0.500. The van der Waals surface area contributed by atoms with Crippen molar-refractivity contribution in [2.24, 2.45) is 0 Å². The largest absolute Gasteiger partial charge is 0.517 e. The lowest BCUT2D eigenvalue weighted by Gasteiger charge is -2.05. The SMILES string of the molecule is O=C([O-])OC(Cl)Cl. The Bertz CT molecular complexity index is 71.3. The average molecular weight is 144 g/mol. The first kappa shape index (κ1) is 6.85. The third-order valence-electron chi connectivity index (χ3n) is 0.185. The number of rotatable bonds is 1. The van der Waals surface area contributed by atoms with Crippen LogP contribution in [-0.2, 0) is 4.74 Å². The summed E-state index contributed by atoms with van der Waals surface area (Å²) in [5, 5.41) is 7.96. The lowest BCUT2D eigenvalue weighted by Crippen LogP contribution is -2.24. The van der Waals surface area contributed by atoms with E-state index in [1.807, 2.05) is 0 Å². The number of hydrogen-bond acceptors (Lipinski definition) is 3. The number of carbonyl (C=O) groups excluding carboxylic acids is 1. The van der Waals surface area contributed by atoms with Gasteiger partial charge in [-0.2, -0.15) is 0 Å². The van der Waals surface area contributed by atoms with Crippen molar-refractivity contribution in [3.05, 3.63) is 0 Å². The van der Waals surface area contributed by atoms with Crippen LogP contribution in [-0.4, -0.2) is 11.2 Å². The highest BCUT2D eigenvalue weighted by molar-refractivity contribution is 6.43. The van der Waals surface area contributed by atoms with Crippen LogP contribution in [0.5, 0.6) is 0 Å². The summed E-state index contributed by atoms with van der Waals surface area (Å²) in [4.78, 5) is 9.31. The second-order valence-corrected chi connectivity index (χ2v) is 1.64. The summed E-state index contributed by atoms with van der Waals surface area (Å²) in [6.07, 6.45) is -1.73. The van der Waals surface area contributed by atoms with Crippen molar-refractivity contribution in [2.45, 2.75) is 5.02 Å². The summed E-state index contributed by atoms with van der Waals surface area (Å²) < 4.78 is 3.59. The Morgan fingerprint density at radius 2 is 2.14 bits per heavy atom. The van der Waals surface area contributed by atoms with Crippen LogP contribution in [0.25, 0.3) is 0 Å². The van der Waals surface area contributed by atoms with Crippen LogP contribution in [0.2, 0.25) is 0 Å². The molecule has 0 aromatic rings. The van der Waals surface area contributed by atoms with Crippen molar-refractivity contribution < 1.29 is 14.6 Å². The molecule has 7 heavy (non-hydrogen) atoms. The second kappa shape index (κ2) is 2.93. The zero-order chi connectivity index (χ0) is 5.86. The van der Waals surface area contributed by atoms with Gasteiger partial charge in [-0.25, -0.2) is 0 Å². The first-order valence-corrected chi connectivity index (χ1v) is 2.16. The summed E-state index contributed by atoms with van der Waals surface area (Å²) >= 11 is 9.59. The molecule has 0 heterocycles. The van der Waals surface area contributed by atoms with Gasteiger partial charge in [0.15, 0.2) is 5.02 Å². The molecule has 0 saturated heterocycles. The van der Waals surface area contributed by atoms with Crippen LogP contribution < -0.4 is 5.11 Å². The molecule has 0 aromatic carbocycles. The molecule has 0 aliphatic carbocycles. The Hall–Kier alpha value is -0.150. The van der Waals surface area contributed by atoms with E-state index in [1.54, 1.807) is 0 Å². The Kier molecular flexibility index (Phi) is 2.87. The monoisotopic (exact) mass is 143 g/mol. The Labute approximate surface area is 49.8 Å². The third kappa shape index (κ3) is 5.85. The van der Waals surface area contributed by atoms with Gasteiger partial charge in [-0.1, -0.05) is 23.2 Å². The smallest absolute Gasteiger partial charge is 0.254 e. The number of ether oxygens (including phenoxy) is 1. The number of alkyl halides is 2. The molecule has 5 heteroatoms. The molecule has 42 valence electrons. The van der Waals surface area contributed by atoms with Crippen LogP contribution >= 0.6 is 23.2 Å². The standard InChI is InChI=1S/C2H2Cl2O3/c3-1(4)7-2(5)6/h1H,(H,5,6)/p-1. The number of halogens is 2. The summed E-state index contributed by atoms with van der Waals surface area (Å²) in [7, 11) is 0. The predicted molar refractivity (Wildman–Crippen MR) is 22.0 cm³/mol. The van der Waals surface area contributed by atoms with E-state index in [1.165, 1.54) is 0 Å². The molecular weight excluding hydrogens is 143 g/mol. The molecule has 0 unspecified atom stereocenters. The Morgan fingerprint density at radius 3 is 2.14 bits per heavy atom. The first-order valence-electron chi connectivity index (χ1n) is 1.28. The highest BCUT2D eigenvalue weighted by Crippen LogP contribution is 2.00. The number of carbonyl (C=O) groups is 1. The molecule has 0 fully saturated rings. The Balaban J connectivity index is 3.13. The maximum atomic E-state index is 9.31. The maximum absolute atomic E-state index is 9.31. The van der Waals surface area contributed by atoms with Crippen molar-refractivity contribution in [1.82, 2.24) is 0 Å². The lowest BCUT2D eigenvalue weighted by molar-refractivity contribution is -0.282. The van der Waals surface area contributed by atoms with Gasteiger partial charge in [-0.3, -0.25) is 0 Å². The Morgan fingerprint density at radius 1 is 1.71 bits per heavy atom. The van der Waals surface area contributed by atoms with Crippen molar-refractivity contribution in [1.29, 1.82) is 0 Å². The van der Waals surface area contributed by atoms with E-state index < -0.39 is 11.2 Å². The summed E-state index contributed by atoms with van der Waals surface area (Å²) in [6, 6.07) is 0. The van der Waals surface area contributed by atoms with Crippen molar-refractivity contribution in [3.8, 4) is 0 Å². The molecule has 0 rings (SSSR count). The average Bonchev–Trinajstić information content (AvgIpc) is 1.27. The molecule has 0 radical (unpaired) electrons. The first-order chi connectivity index (χ1) is 3.13. The summed E-state index contributed by atoms with van der Waals surface area (Å²) in [6.45, 7) is 0. The third-order valence-corrected chi connectivity index (χ3v) is 0.363. The van der Waals surface area contributed by atoms with E-state index in [0.29, 0.717) is 0 Å². The normalized spacial score (nSPS) is 9.00.